The van der Waals surface area contributed by atoms with Crippen LogP contribution in [0.2, 0.25) is 0 Å². The molecule has 0 aromatic carbocycles. The van der Waals surface area contributed by atoms with Crippen molar-refractivity contribution in [2.24, 2.45) is 5.41 Å². The molecular weight excluding hydrogens is 293 g/mol. The number of hydrogen-bond donors (Lipinski definition) is 4. The number of aliphatic hydroxyl groups excluding tert-OH is 1. The molecular formula is C11H13F3N4O3. The fourth-order valence-corrected chi connectivity index (χ4v) is 2.26. The minimum atomic E-state index is -4.67. The van der Waals surface area contributed by atoms with E-state index in [2.05, 4.69) is 10.2 Å². The third-order valence-electron chi connectivity index (χ3n) is 3.45. The summed E-state index contributed by atoms with van der Waals surface area (Å²) in [5.41, 5.74) is 3.45. The van der Waals surface area contributed by atoms with Crippen molar-refractivity contribution in [1.29, 1.82) is 0 Å². The summed E-state index contributed by atoms with van der Waals surface area (Å²) in [6, 6.07) is 0.586. The maximum Gasteiger partial charge on any atom is 0.408 e. The Balaban J connectivity index is 2.29. The minimum absolute atomic E-state index is 0.0985. The fraction of sp³-hybridized carbons (Fsp3) is 0.545. The molecule has 0 bridgehead atoms. The predicted octanol–water partition coefficient (Wildman–Crippen LogP) is -0.651. The maximum absolute atomic E-state index is 12.7. The Hall–Kier alpha value is -1.94. The average molecular weight is 306 g/mol. The number of halogens is 3. The number of hydrogen-bond acceptors (Lipinski definition) is 6. The van der Waals surface area contributed by atoms with Gasteiger partial charge in [-0.1, -0.05) is 0 Å². The van der Waals surface area contributed by atoms with Crippen LogP contribution in [0.3, 0.4) is 0 Å². The van der Waals surface area contributed by atoms with E-state index in [1.54, 1.807) is 5.32 Å². The molecule has 2 heterocycles. The van der Waals surface area contributed by atoms with Crippen LogP contribution in [-0.4, -0.2) is 44.8 Å². The molecule has 0 saturated carbocycles. The summed E-state index contributed by atoms with van der Waals surface area (Å²) in [7, 11) is 0. The van der Waals surface area contributed by atoms with Crippen LogP contribution in [0.25, 0.3) is 0 Å². The zero-order chi connectivity index (χ0) is 15.8. The standard InChI is InChI=1S/C11H13F3N4O3/c12-11(13,14)6-4-10(9(20)21,8(19)16-6)3-5-1-2-7(15)18-17-5/h1-2,6,9,20-21H,3-4H2,(H2,15,18)(H,16,19)/t6-,10?/m0/s1. The van der Waals surface area contributed by atoms with Crippen LogP contribution in [-0.2, 0) is 11.2 Å². The number of carbonyl (C=O) groups is 1. The lowest BCUT2D eigenvalue weighted by Crippen LogP contribution is -2.44. The first-order chi connectivity index (χ1) is 9.65. The van der Waals surface area contributed by atoms with Gasteiger partial charge in [-0.2, -0.15) is 18.3 Å². The molecule has 7 nitrogen and oxygen atoms in total. The Morgan fingerprint density at radius 1 is 1.43 bits per heavy atom. The molecule has 21 heavy (non-hydrogen) atoms. The molecule has 5 N–H and O–H groups in total. The van der Waals surface area contributed by atoms with Crippen LogP contribution in [0.1, 0.15) is 12.1 Å². The zero-order valence-corrected chi connectivity index (χ0v) is 10.6. The Kier molecular flexibility index (Phi) is 3.76. The molecule has 116 valence electrons. The Bertz CT molecular complexity index is 535. The van der Waals surface area contributed by atoms with Gasteiger partial charge in [-0.15, -0.1) is 5.10 Å². The Morgan fingerprint density at radius 3 is 2.52 bits per heavy atom. The molecule has 0 aliphatic carbocycles. The van der Waals surface area contributed by atoms with Crippen LogP contribution in [0.4, 0.5) is 19.0 Å². The third kappa shape index (κ3) is 2.90. The number of alkyl halides is 3. The second-order valence-corrected chi connectivity index (χ2v) is 4.93. The largest absolute Gasteiger partial charge is 0.408 e. The summed E-state index contributed by atoms with van der Waals surface area (Å²) in [5, 5.41) is 27.7. The zero-order valence-electron chi connectivity index (χ0n) is 10.6. The highest BCUT2D eigenvalue weighted by Crippen LogP contribution is 2.41. The molecule has 1 saturated heterocycles. The average Bonchev–Trinajstić information content (AvgIpc) is 2.71. The smallest absolute Gasteiger partial charge is 0.382 e. The van der Waals surface area contributed by atoms with Gasteiger partial charge >= 0.3 is 6.18 Å². The van der Waals surface area contributed by atoms with Crippen LogP contribution < -0.4 is 11.1 Å². The molecule has 1 fully saturated rings. The number of carbonyl (C=O) groups excluding carboxylic acids is 1. The fourth-order valence-electron chi connectivity index (χ4n) is 2.26. The van der Waals surface area contributed by atoms with E-state index >= 15 is 0 Å². The van der Waals surface area contributed by atoms with Crippen molar-refractivity contribution in [3.05, 3.63) is 17.8 Å². The first-order valence-electron chi connectivity index (χ1n) is 5.97. The number of nitrogens with two attached hydrogens (primary N) is 1. The van der Waals surface area contributed by atoms with Crippen LogP contribution in [0, 0.1) is 5.41 Å². The van der Waals surface area contributed by atoms with E-state index in [0.29, 0.717) is 0 Å². The summed E-state index contributed by atoms with van der Waals surface area (Å²) >= 11 is 0. The lowest BCUT2D eigenvalue weighted by molar-refractivity contribution is -0.166. The molecule has 0 spiro atoms. The molecule has 1 aliphatic heterocycles. The van der Waals surface area contributed by atoms with Gasteiger partial charge in [-0.25, -0.2) is 0 Å². The molecule has 0 radical (unpaired) electrons. The normalized spacial score (nSPS) is 26.2. The number of nitrogens with zero attached hydrogens (tertiary/aromatic N) is 2. The summed E-state index contributed by atoms with van der Waals surface area (Å²) in [6.45, 7) is 0. The van der Waals surface area contributed by atoms with E-state index in [4.69, 9.17) is 5.73 Å². The van der Waals surface area contributed by atoms with Crippen LogP contribution in [0.5, 0.6) is 0 Å². The van der Waals surface area contributed by atoms with E-state index in [1.807, 2.05) is 0 Å². The van der Waals surface area contributed by atoms with Gasteiger partial charge in [0.25, 0.3) is 0 Å². The molecule has 1 amide bonds. The van der Waals surface area contributed by atoms with Gasteiger partial charge in [-0.3, -0.25) is 4.79 Å². The van der Waals surface area contributed by atoms with Gasteiger partial charge in [0.15, 0.2) is 6.29 Å². The Labute approximate surface area is 117 Å². The maximum atomic E-state index is 12.7. The van der Waals surface area contributed by atoms with Crippen molar-refractivity contribution < 1.29 is 28.2 Å². The van der Waals surface area contributed by atoms with E-state index in [9.17, 15) is 28.2 Å². The second-order valence-electron chi connectivity index (χ2n) is 4.93. The van der Waals surface area contributed by atoms with Crippen LogP contribution >= 0.6 is 0 Å². The number of nitrogen functional groups attached to an aromatic ring is 1. The van der Waals surface area contributed by atoms with E-state index in [1.165, 1.54) is 12.1 Å². The number of amides is 1. The van der Waals surface area contributed by atoms with Crippen molar-refractivity contribution in [3.8, 4) is 0 Å². The number of aromatic nitrogens is 2. The summed E-state index contributed by atoms with van der Waals surface area (Å²) in [5.74, 6) is -0.986. The third-order valence-corrected chi connectivity index (χ3v) is 3.45. The van der Waals surface area contributed by atoms with Crippen molar-refractivity contribution >= 4 is 11.7 Å². The van der Waals surface area contributed by atoms with Gasteiger partial charge in [0.1, 0.15) is 17.3 Å². The van der Waals surface area contributed by atoms with E-state index in [-0.39, 0.29) is 11.5 Å². The first kappa shape index (κ1) is 15.4. The van der Waals surface area contributed by atoms with Gasteiger partial charge in [-0.05, 0) is 18.6 Å². The summed E-state index contributed by atoms with van der Waals surface area (Å²) in [4.78, 5) is 11.9. The topological polar surface area (TPSA) is 121 Å². The molecule has 10 heteroatoms. The highest BCUT2D eigenvalue weighted by molar-refractivity contribution is 5.86. The lowest BCUT2D eigenvalue weighted by Gasteiger charge is -2.27. The molecule has 1 aliphatic rings. The molecule has 1 aromatic heterocycles. The molecule has 1 aromatic rings. The van der Waals surface area contributed by atoms with Gasteiger partial charge in [0.2, 0.25) is 5.91 Å². The SMILES string of the molecule is Nc1ccc(CC2(C(O)O)C[C@@H](C(F)(F)F)NC2=O)nn1. The number of aliphatic hydroxyl groups is 2. The van der Waals surface area contributed by atoms with E-state index in [0.717, 1.165) is 0 Å². The highest BCUT2D eigenvalue weighted by Gasteiger charge is 2.58. The summed E-state index contributed by atoms with van der Waals surface area (Å²) in [6.07, 6.45) is -8.11. The monoisotopic (exact) mass is 306 g/mol. The van der Waals surface area contributed by atoms with Gasteiger partial charge < -0.3 is 21.3 Å². The highest BCUT2D eigenvalue weighted by atomic mass is 19.4. The Morgan fingerprint density at radius 2 is 2.10 bits per heavy atom. The molecule has 2 rings (SSSR count). The minimum Gasteiger partial charge on any atom is -0.382 e. The predicted molar refractivity (Wildman–Crippen MR) is 63.4 cm³/mol. The first-order valence-corrected chi connectivity index (χ1v) is 5.97. The van der Waals surface area contributed by atoms with Crippen molar-refractivity contribution in [2.45, 2.75) is 31.3 Å². The van der Waals surface area contributed by atoms with Crippen molar-refractivity contribution in [2.75, 3.05) is 5.73 Å². The van der Waals surface area contributed by atoms with Crippen molar-refractivity contribution in [1.82, 2.24) is 15.5 Å². The van der Waals surface area contributed by atoms with Gasteiger partial charge in [0.05, 0.1) is 5.69 Å². The number of anilines is 1. The summed E-state index contributed by atoms with van der Waals surface area (Å²) < 4.78 is 38.1. The van der Waals surface area contributed by atoms with Gasteiger partial charge in [0, 0.05) is 6.42 Å². The number of nitrogens with one attached hydrogen (secondary N) is 1. The second kappa shape index (κ2) is 5.11. The lowest BCUT2D eigenvalue weighted by atomic mass is 9.79. The van der Waals surface area contributed by atoms with Crippen molar-refractivity contribution in [3.63, 3.8) is 0 Å². The quantitative estimate of drug-likeness (QED) is 0.551. The van der Waals surface area contributed by atoms with E-state index < -0.39 is 42.7 Å². The van der Waals surface area contributed by atoms with Crippen LogP contribution in [0.15, 0.2) is 12.1 Å². The number of rotatable bonds is 3. The molecule has 1 unspecified atom stereocenters. The molecule has 2 atom stereocenters.